The maximum absolute atomic E-state index is 6.40. The second-order valence-corrected chi connectivity index (χ2v) is 6.53. The van der Waals surface area contributed by atoms with Gasteiger partial charge < -0.3 is 4.74 Å². The zero-order chi connectivity index (χ0) is 11.9. The molecule has 0 bridgehead atoms. The van der Waals surface area contributed by atoms with Crippen molar-refractivity contribution in [2.75, 3.05) is 0 Å². The fourth-order valence-corrected chi connectivity index (χ4v) is 4.02. The average Bonchev–Trinajstić information content (AvgIpc) is 2.80. The van der Waals surface area contributed by atoms with Gasteiger partial charge in [-0.15, -0.1) is 11.6 Å². The zero-order valence-corrected chi connectivity index (χ0v) is 11.9. The molecule has 3 rings (SSSR count). The Morgan fingerprint density at radius 3 is 2.76 bits per heavy atom. The highest BCUT2D eigenvalue weighted by molar-refractivity contribution is 9.10. The molecule has 1 heterocycles. The van der Waals surface area contributed by atoms with Crippen LogP contribution in [-0.4, -0.2) is 16.5 Å². The molecule has 92 valence electrons. The number of ether oxygens (including phenoxy) is 1. The Labute approximate surface area is 115 Å². The number of aromatic nitrogens is 1. The van der Waals surface area contributed by atoms with Gasteiger partial charge in [-0.25, -0.2) is 0 Å². The van der Waals surface area contributed by atoms with Crippen LogP contribution in [0.5, 0.6) is 5.75 Å². The Morgan fingerprint density at radius 2 is 2.12 bits per heavy atom. The smallest absolute Gasteiger partial charge is 0.139 e. The minimum Gasteiger partial charge on any atom is -0.488 e. The molecule has 17 heavy (non-hydrogen) atoms. The molecule has 1 aromatic rings. The van der Waals surface area contributed by atoms with E-state index in [1.54, 1.807) is 12.4 Å². The predicted octanol–water partition coefficient (Wildman–Crippen LogP) is 4.16. The van der Waals surface area contributed by atoms with E-state index >= 15 is 0 Å². The molecule has 0 aliphatic heterocycles. The van der Waals surface area contributed by atoms with Crippen molar-refractivity contribution < 1.29 is 4.74 Å². The first kappa shape index (κ1) is 11.8. The van der Waals surface area contributed by atoms with E-state index in [2.05, 4.69) is 20.9 Å². The maximum atomic E-state index is 6.40. The Kier molecular flexibility index (Phi) is 3.07. The second kappa shape index (κ2) is 4.43. The number of alkyl halides is 1. The van der Waals surface area contributed by atoms with Gasteiger partial charge in [0.15, 0.2) is 0 Å². The van der Waals surface area contributed by atoms with Gasteiger partial charge in [0.25, 0.3) is 0 Å². The van der Waals surface area contributed by atoms with Crippen molar-refractivity contribution in [2.24, 2.45) is 5.41 Å². The molecule has 2 aliphatic rings. The van der Waals surface area contributed by atoms with Crippen LogP contribution < -0.4 is 4.74 Å². The fraction of sp³-hybridized carbons (Fsp3) is 0.615. The van der Waals surface area contributed by atoms with Crippen molar-refractivity contribution in [3.05, 3.63) is 22.9 Å². The summed E-state index contributed by atoms with van der Waals surface area (Å²) in [5.41, 5.74) is 0.240. The minimum absolute atomic E-state index is 0.240. The van der Waals surface area contributed by atoms with Crippen LogP contribution in [0.4, 0.5) is 0 Å². The van der Waals surface area contributed by atoms with Gasteiger partial charge in [-0.1, -0.05) is 12.8 Å². The zero-order valence-electron chi connectivity index (χ0n) is 9.53. The third-order valence-electron chi connectivity index (χ3n) is 4.18. The second-order valence-electron chi connectivity index (χ2n) is 5.09. The third kappa shape index (κ3) is 1.97. The van der Waals surface area contributed by atoms with Gasteiger partial charge in [0, 0.05) is 27.9 Å². The molecular weight excluding hydrogens is 302 g/mol. The molecule has 0 N–H and O–H groups in total. The molecule has 2 unspecified atom stereocenters. The van der Waals surface area contributed by atoms with Crippen LogP contribution in [0.2, 0.25) is 0 Å². The van der Waals surface area contributed by atoms with Crippen molar-refractivity contribution in [2.45, 2.75) is 43.6 Å². The maximum Gasteiger partial charge on any atom is 0.139 e. The molecule has 2 atom stereocenters. The Hall–Kier alpha value is -0.280. The quantitative estimate of drug-likeness (QED) is 0.764. The highest BCUT2D eigenvalue weighted by Crippen LogP contribution is 2.57. The summed E-state index contributed by atoms with van der Waals surface area (Å²) in [5.74, 6) is 0.846. The van der Waals surface area contributed by atoms with E-state index < -0.39 is 0 Å². The van der Waals surface area contributed by atoms with E-state index in [-0.39, 0.29) is 11.5 Å². The highest BCUT2D eigenvalue weighted by Gasteiger charge is 2.56. The van der Waals surface area contributed by atoms with Crippen LogP contribution in [0.25, 0.3) is 0 Å². The largest absolute Gasteiger partial charge is 0.488 e. The number of pyridine rings is 1. The summed E-state index contributed by atoms with van der Waals surface area (Å²) in [6.07, 6.45) is 9.80. The molecule has 2 aliphatic carbocycles. The summed E-state index contributed by atoms with van der Waals surface area (Å²) in [6, 6.07) is 1.97. The monoisotopic (exact) mass is 315 g/mol. The summed E-state index contributed by atoms with van der Waals surface area (Å²) in [5, 5.41) is 0.301. The van der Waals surface area contributed by atoms with Gasteiger partial charge in [-0.2, -0.15) is 0 Å². The SMILES string of the molecule is ClC1CC(Oc2cncc(Br)c2)C12CCCC2. The first-order chi connectivity index (χ1) is 8.21. The van der Waals surface area contributed by atoms with Crippen molar-refractivity contribution in [3.8, 4) is 5.75 Å². The molecule has 4 heteroatoms. The van der Waals surface area contributed by atoms with Crippen LogP contribution in [-0.2, 0) is 0 Å². The predicted molar refractivity (Wildman–Crippen MR) is 71.5 cm³/mol. The summed E-state index contributed by atoms with van der Waals surface area (Å²) in [6.45, 7) is 0. The molecule has 0 aromatic carbocycles. The lowest BCUT2D eigenvalue weighted by Crippen LogP contribution is -2.55. The number of hydrogen-bond acceptors (Lipinski definition) is 2. The lowest BCUT2D eigenvalue weighted by atomic mass is 9.64. The standard InChI is InChI=1S/C13H15BrClNO/c14-9-5-10(8-16-7-9)17-12-6-11(15)13(12)3-1-2-4-13/h5,7-8,11-12H,1-4,6H2. The molecule has 0 amide bonds. The average molecular weight is 317 g/mol. The van der Waals surface area contributed by atoms with Gasteiger partial charge in [0.2, 0.25) is 0 Å². The molecule has 2 saturated carbocycles. The lowest BCUT2D eigenvalue weighted by molar-refractivity contribution is -0.0357. The van der Waals surface area contributed by atoms with E-state index in [1.807, 2.05) is 6.07 Å². The van der Waals surface area contributed by atoms with Crippen LogP contribution in [0.15, 0.2) is 22.9 Å². The van der Waals surface area contributed by atoms with Gasteiger partial charge in [0.05, 0.1) is 6.20 Å². The number of halogens is 2. The Morgan fingerprint density at radius 1 is 1.35 bits per heavy atom. The topological polar surface area (TPSA) is 22.1 Å². The van der Waals surface area contributed by atoms with E-state index in [1.165, 1.54) is 25.7 Å². The first-order valence-corrected chi connectivity index (χ1v) is 7.35. The summed E-state index contributed by atoms with van der Waals surface area (Å²) in [7, 11) is 0. The fourth-order valence-electron chi connectivity index (χ4n) is 3.15. The molecule has 0 saturated heterocycles. The Bertz CT molecular complexity index is 420. The van der Waals surface area contributed by atoms with Gasteiger partial charge >= 0.3 is 0 Å². The summed E-state index contributed by atoms with van der Waals surface area (Å²) < 4.78 is 7.02. The molecular formula is C13H15BrClNO. The van der Waals surface area contributed by atoms with Gasteiger partial charge in [-0.05, 0) is 34.8 Å². The molecule has 0 radical (unpaired) electrons. The summed E-state index contributed by atoms with van der Waals surface area (Å²) >= 11 is 9.81. The molecule has 1 aromatic heterocycles. The van der Waals surface area contributed by atoms with Crippen molar-refractivity contribution in [1.29, 1.82) is 0 Å². The van der Waals surface area contributed by atoms with Crippen LogP contribution >= 0.6 is 27.5 Å². The normalized spacial score (nSPS) is 30.2. The lowest BCUT2D eigenvalue weighted by Gasteiger charge is -2.50. The van der Waals surface area contributed by atoms with Crippen LogP contribution in [0.1, 0.15) is 32.1 Å². The third-order valence-corrected chi connectivity index (χ3v) is 5.23. The van der Waals surface area contributed by atoms with E-state index in [0.717, 1.165) is 16.6 Å². The molecule has 1 spiro atoms. The highest BCUT2D eigenvalue weighted by atomic mass is 79.9. The van der Waals surface area contributed by atoms with Crippen LogP contribution in [0, 0.1) is 5.41 Å². The van der Waals surface area contributed by atoms with Crippen molar-refractivity contribution in [3.63, 3.8) is 0 Å². The van der Waals surface area contributed by atoms with Crippen molar-refractivity contribution in [1.82, 2.24) is 4.98 Å². The first-order valence-electron chi connectivity index (χ1n) is 6.12. The van der Waals surface area contributed by atoms with Gasteiger partial charge in [-0.3, -0.25) is 4.98 Å². The van der Waals surface area contributed by atoms with Crippen LogP contribution in [0.3, 0.4) is 0 Å². The summed E-state index contributed by atoms with van der Waals surface area (Å²) in [4.78, 5) is 4.12. The molecule has 2 fully saturated rings. The number of hydrogen-bond donors (Lipinski definition) is 0. The number of rotatable bonds is 2. The Balaban J connectivity index is 1.74. The van der Waals surface area contributed by atoms with E-state index in [4.69, 9.17) is 16.3 Å². The minimum atomic E-state index is 0.240. The van der Waals surface area contributed by atoms with E-state index in [9.17, 15) is 0 Å². The molecule has 2 nitrogen and oxygen atoms in total. The van der Waals surface area contributed by atoms with Gasteiger partial charge in [0.1, 0.15) is 11.9 Å². The van der Waals surface area contributed by atoms with E-state index in [0.29, 0.717) is 5.38 Å². The number of nitrogens with zero attached hydrogens (tertiary/aromatic N) is 1. The van der Waals surface area contributed by atoms with Crippen molar-refractivity contribution >= 4 is 27.5 Å².